The molecule has 0 bridgehead atoms. The Morgan fingerprint density at radius 1 is 1.13 bits per heavy atom. The number of carbonyl (C=O) groups is 1. The monoisotopic (exact) mass is 326 g/mol. The van der Waals surface area contributed by atoms with Gasteiger partial charge < -0.3 is 10.2 Å². The fourth-order valence-electron chi connectivity index (χ4n) is 2.87. The van der Waals surface area contributed by atoms with E-state index in [1.807, 2.05) is 43.3 Å². The van der Waals surface area contributed by atoms with E-state index in [2.05, 4.69) is 0 Å². The van der Waals surface area contributed by atoms with E-state index in [9.17, 15) is 9.90 Å². The third-order valence-electron chi connectivity index (χ3n) is 3.98. The zero-order chi connectivity index (χ0) is 16.6. The lowest BCUT2D eigenvalue weighted by molar-refractivity contribution is -0.135. The predicted octanol–water partition coefficient (Wildman–Crippen LogP) is 4.85. The summed E-state index contributed by atoms with van der Waals surface area (Å²) >= 11 is 5.91. The number of hydrogen-bond donors (Lipinski definition) is 2. The van der Waals surface area contributed by atoms with Crippen LogP contribution in [0, 0.1) is 0 Å². The summed E-state index contributed by atoms with van der Waals surface area (Å²) in [6.07, 6.45) is 1.94. The van der Waals surface area contributed by atoms with Crippen molar-refractivity contribution in [3.8, 4) is 5.75 Å². The topological polar surface area (TPSA) is 57.5 Å². The van der Waals surface area contributed by atoms with Crippen LogP contribution in [0.3, 0.4) is 0 Å². The van der Waals surface area contributed by atoms with Gasteiger partial charge in [0.15, 0.2) is 0 Å². The molecule has 2 aromatic carbocycles. The summed E-state index contributed by atoms with van der Waals surface area (Å²) in [5, 5.41) is 19.6. The summed E-state index contributed by atoms with van der Waals surface area (Å²) in [6.45, 7) is 1.91. The van der Waals surface area contributed by atoms with Crippen LogP contribution in [0.5, 0.6) is 5.75 Å². The molecule has 0 heterocycles. The summed E-state index contributed by atoms with van der Waals surface area (Å²) in [6, 6.07) is 12.5. The van der Waals surface area contributed by atoms with Crippen LogP contribution in [0.1, 0.15) is 30.0 Å². The number of allylic oxidation sites excluding steroid dienone is 2. The van der Waals surface area contributed by atoms with Crippen molar-refractivity contribution >= 4 is 34.8 Å². The van der Waals surface area contributed by atoms with Gasteiger partial charge in [0.25, 0.3) is 0 Å². The largest absolute Gasteiger partial charge is 0.508 e. The molecular formula is C19H15ClO3. The summed E-state index contributed by atoms with van der Waals surface area (Å²) in [7, 11) is 0. The molecule has 3 rings (SSSR count). The van der Waals surface area contributed by atoms with Gasteiger partial charge in [0, 0.05) is 5.02 Å². The quantitative estimate of drug-likeness (QED) is 0.847. The third-order valence-corrected chi connectivity index (χ3v) is 4.24. The van der Waals surface area contributed by atoms with Crippen LogP contribution in [0.2, 0.25) is 5.02 Å². The number of phenols is 1. The maximum Gasteiger partial charge on any atom is 0.307 e. The molecule has 0 saturated heterocycles. The second-order valence-electron chi connectivity index (χ2n) is 5.51. The number of rotatable bonds is 3. The summed E-state index contributed by atoms with van der Waals surface area (Å²) in [5.74, 6) is -0.756. The second kappa shape index (κ2) is 5.94. The van der Waals surface area contributed by atoms with Gasteiger partial charge in [0.2, 0.25) is 0 Å². The van der Waals surface area contributed by atoms with Crippen molar-refractivity contribution in [3.63, 3.8) is 0 Å². The summed E-state index contributed by atoms with van der Waals surface area (Å²) < 4.78 is 0. The molecule has 1 aliphatic carbocycles. The number of carboxylic acids is 1. The minimum Gasteiger partial charge on any atom is -0.508 e. The molecule has 0 aromatic heterocycles. The van der Waals surface area contributed by atoms with Crippen molar-refractivity contribution in [2.75, 3.05) is 0 Å². The molecule has 0 spiro atoms. The molecule has 2 N–H and O–H groups in total. The van der Waals surface area contributed by atoms with E-state index in [1.165, 1.54) is 0 Å². The average molecular weight is 327 g/mol. The van der Waals surface area contributed by atoms with E-state index in [0.29, 0.717) is 5.02 Å². The highest BCUT2D eigenvalue weighted by atomic mass is 35.5. The molecule has 0 unspecified atom stereocenters. The molecule has 3 nitrogen and oxygen atoms in total. The number of aliphatic carboxylic acids is 1. The maximum absolute atomic E-state index is 11.2. The van der Waals surface area contributed by atoms with Gasteiger partial charge in [0.1, 0.15) is 5.75 Å². The Balaban J connectivity index is 2.15. The number of aromatic hydroxyl groups is 1. The Morgan fingerprint density at radius 3 is 2.48 bits per heavy atom. The Hall–Kier alpha value is -2.52. The fourth-order valence-corrected chi connectivity index (χ4v) is 3.00. The van der Waals surface area contributed by atoms with Crippen LogP contribution >= 0.6 is 11.6 Å². The Morgan fingerprint density at radius 2 is 1.83 bits per heavy atom. The van der Waals surface area contributed by atoms with Gasteiger partial charge >= 0.3 is 5.97 Å². The molecule has 0 saturated carbocycles. The third kappa shape index (κ3) is 3.01. The molecule has 23 heavy (non-hydrogen) atoms. The van der Waals surface area contributed by atoms with Gasteiger partial charge in [-0.1, -0.05) is 29.8 Å². The van der Waals surface area contributed by atoms with Gasteiger partial charge in [0.05, 0.1) is 6.42 Å². The van der Waals surface area contributed by atoms with Crippen LogP contribution in [0.4, 0.5) is 0 Å². The van der Waals surface area contributed by atoms with Gasteiger partial charge in [-0.15, -0.1) is 0 Å². The molecule has 0 atom stereocenters. The zero-order valence-electron chi connectivity index (χ0n) is 12.5. The van der Waals surface area contributed by atoms with E-state index in [0.717, 1.165) is 33.4 Å². The first-order valence-electron chi connectivity index (χ1n) is 7.18. The number of carboxylic acid groups (broad SMARTS) is 1. The van der Waals surface area contributed by atoms with E-state index in [-0.39, 0.29) is 12.2 Å². The molecule has 116 valence electrons. The van der Waals surface area contributed by atoms with Gasteiger partial charge in [-0.3, -0.25) is 4.79 Å². The molecule has 2 aromatic rings. The van der Waals surface area contributed by atoms with Crippen molar-refractivity contribution in [1.82, 2.24) is 0 Å². The first kappa shape index (κ1) is 15.4. The minimum absolute atomic E-state index is 0.0692. The molecule has 4 heteroatoms. The zero-order valence-corrected chi connectivity index (χ0v) is 13.3. The van der Waals surface area contributed by atoms with Crippen molar-refractivity contribution < 1.29 is 15.0 Å². The molecule has 1 aliphatic rings. The SMILES string of the molecule is CC1=C(CC(=O)O)c2cc(O)ccc2/C1=C\c1ccc(Cl)cc1. The Kier molecular flexibility index (Phi) is 3.97. The number of halogens is 1. The molecule has 0 aliphatic heterocycles. The van der Waals surface area contributed by atoms with Crippen molar-refractivity contribution in [2.24, 2.45) is 0 Å². The van der Waals surface area contributed by atoms with Crippen molar-refractivity contribution in [3.05, 3.63) is 69.8 Å². The van der Waals surface area contributed by atoms with Crippen molar-refractivity contribution in [2.45, 2.75) is 13.3 Å². The number of phenolic OH excluding ortho intramolecular Hbond substituents is 1. The van der Waals surface area contributed by atoms with E-state index in [4.69, 9.17) is 16.7 Å². The van der Waals surface area contributed by atoms with E-state index in [1.54, 1.807) is 12.1 Å². The van der Waals surface area contributed by atoms with Crippen LogP contribution in [-0.2, 0) is 4.79 Å². The minimum atomic E-state index is -0.888. The standard InChI is InChI=1S/C19H15ClO3/c1-11-16(8-12-2-4-13(20)5-3-12)15-7-6-14(21)9-18(15)17(11)10-19(22)23/h2-9,21H,10H2,1H3,(H,22,23)/b16-8-. The lowest BCUT2D eigenvalue weighted by Crippen LogP contribution is -1.96. The maximum atomic E-state index is 11.2. The van der Waals surface area contributed by atoms with E-state index < -0.39 is 5.97 Å². The van der Waals surface area contributed by atoms with Crippen molar-refractivity contribution in [1.29, 1.82) is 0 Å². The Bertz CT molecular complexity index is 845. The molecule has 0 fully saturated rings. The molecular weight excluding hydrogens is 312 g/mol. The first-order valence-corrected chi connectivity index (χ1v) is 7.56. The highest BCUT2D eigenvalue weighted by Crippen LogP contribution is 2.44. The highest BCUT2D eigenvalue weighted by molar-refractivity contribution is 6.30. The normalized spacial score (nSPS) is 15.1. The summed E-state index contributed by atoms with van der Waals surface area (Å²) in [4.78, 5) is 11.2. The van der Waals surface area contributed by atoms with Crippen LogP contribution in [-0.4, -0.2) is 16.2 Å². The number of fused-ring (bicyclic) bond motifs is 1. The van der Waals surface area contributed by atoms with Gasteiger partial charge in [-0.2, -0.15) is 0 Å². The predicted molar refractivity (Wildman–Crippen MR) is 92.3 cm³/mol. The van der Waals surface area contributed by atoms with Crippen LogP contribution < -0.4 is 0 Å². The fraction of sp³-hybridized carbons (Fsp3) is 0.105. The number of benzene rings is 2. The highest BCUT2D eigenvalue weighted by Gasteiger charge is 2.25. The average Bonchev–Trinajstić information content (AvgIpc) is 2.74. The lowest BCUT2D eigenvalue weighted by Gasteiger charge is -2.05. The first-order chi connectivity index (χ1) is 11.0. The Labute approximate surface area is 139 Å². The van der Waals surface area contributed by atoms with Crippen LogP contribution in [0.25, 0.3) is 17.2 Å². The molecule has 0 amide bonds. The van der Waals surface area contributed by atoms with Gasteiger partial charge in [-0.05, 0) is 70.7 Å². The smallest absolute Gasteiger partial charge is 0.307 e. The van der Waals surface area contributed by atoms with Crippen LogP contribution in [0.15, 0.2) is 48.0 Å². The lowest BCUT2D eigenvalue weighted by atomic mass is 10.0. The summed E-state index contributed by atoms with van der Waals surface area (Å²) in [5.41, 5.74) is 5.33. The molecule has 0 radical (unpaired) electrons. The van der Waals surface area contributed by atoms with Gasteiger partial charge in [-0.25, -0.2) is 0 Å². The number of hydrogen-bond acceptors (Lipinski definition) is 2. The second-order valence-corrected chi connectivity index (χ2v) is 5.95. The van der Waals surface area contributed by atoms with E-state index >= 15 is 0 Å².